The van der Waals surface area contributed by atoms with Crippen LogP contribution < -0.4 is 14.5 Å². The number of carbonyl (C=O) groups is 1. The molecule has 2 N–H and O–H groups in total. The highest BCUT2D eigenvalue weighted by Gasteiger charge is 2.24. The van der Waals surface area contributed by atoms with Crippen molar-refractivity contribution in [2.45, 2.75) is 18.7 Å². The number of piperazine rings is 1. The fraction of sp³-hybridized carbons (Fsp3) is 0.240. The van der Waals surface area contributed by atoms with Crippen LogP contribution in [-0.4, -0.2) is 45.7 Å². The summed E-state index contributed by atoms with van der Waals surface area (Å²) >= 11 is 0. The number of aryl methyl sites for hydroxylation is 2. The average Bonchev–Trinajstić information content (AvgIpc) is 2.79. The number of nitrogens with zero attached hydrogens (tertiary/aromatic N) is 2. The second-order valence-electron chi connectivity index (χ2n) is 8.34. The molecule has 1 aliphatic rings. The highest BCUT2D eigenvalue weighted by Crippen LogP contribution is 2.29. The molecule has 3 aromatic rings. The molecule has 4 rings (SSSR count). The Kier molecular flexibility index (Phi) is 6.47. The van der Waals surface area contributed by atoms with Gasteiger partial charge in [-0.05, 0) is 55.8 Å². The first kappa shape index (κ1) is 23.6. The first-order chi connectivity index (χ1) is 16.2. The van der Waals surface area contributed by atoms with Gasteiger partial charge in [-0.2, -0.15) is 0 Å². The van der Waals surface area contributed by atoms with Gasteiger partial charge in [-0.25, -0.2) is 17.6 Å². The lowest BCUT2D eigenvalue weighted by Crippen LogP contribution is -2.47. The number of carboxylic acids is 1. The summed E-state index contributed by atoms with van der Waals surface area (Å²) in [7, 11) is -3.88. The van der Waals surface area contributed by atoms with Crippen LogP contribution in [0.1, 0.15) is 21.5 Å². The zero-order valence-electron chi connectivity index (χ0n) is 19.0. The summed E-state index contributed by atoms with van der Waals surface area (Å²) in [6.07, 6.45) is 0. The van der Waals surface area contributed by atoms with Gasteiger partial charge in [-0.1, -0.05) is 29.8 Å². The minimum Gasteiger partial charge on any atom is -0.478 e. The number of anilines is 3. The number of rotatable bonds is 6. The maximum Gasteiger partial charge on any atom is 0.337 e. The summed E-state index contributed by atoms with van der Waals surface area (Å²) in [4.78, 5) is 16.0. The van der Waals surface area contributed by atoms with Crippen LogP contribution in [0.4, 0.5) is 21.5 Å². The molecule has 34 heavy (non-hydrogen) atoms. The standard InChI is InChI=1S/C25H26FN3O4S/c1-17-7-10-24(18(2)15-17)34(32,33)27-19-8-9-22(20(16-19)25(30)31)28-11-13-29(14-12-28)23-6-4-3-5-21(23)26/h3-10,15-16,27H,11-14H2,1-2H3,(H,30,31). The van der Waals surface area contributed by atoms with Gasteiger partial charge in [0, 0.05) is 31.9 Å². The second-order valence-corrected chi connectivity index (χ2v) is 9.99. The van der Waals surface area contributed by atoms with Crippen molar-refractivity contribution in [3.8, 4) is 0 Å². The number of nitrogens with one attached hydrogen (secondary N) is 1. The summed E-state index contributed by atoms with van der Waals surface area (Å²) in [6, 6.07) is 16.1. The number of carboxylic acid groups (broad SMARTS) is 1. The Balaban J connectivity index is 1.54. The van der Waals surface area contributed by atoms with Crippen molar-refractivity contribution in [1.29, 1.82) is 0 Å². The van der Waals surface area contributed by atoms with Gasteiger partial charge >= 0.3 is 5.97 Å². The van der Waals surface area contributed by atoms with Gasteiger partial charge < -0.3 is 14.9 Å². The molecular formula is C25H26FN3O4S. The van der Waals surface area contributed by atoms with E-state index in [0.717, 1.165) is 5.56 Å². The van der Waals surface area contributed by atoms with Crippen molar-refractivity contribution in [3.05, 3.63) is 83.2 Å². The molecule has 1 heterocycles. The highest BCUT2D eigenvalue weighted by molar-refractivity contribution is 7.92. The summed E-state index contributed by atoms with van der Waals surface area (Å²) in [5.74, 6) is -1.44. The fourth-order valence-electron chi connectivity index (χ4n) is 4.25. The lowest BCUT2D eigenvalue weighted by molar-refractivity contribution is 0.0697. The third kappa shape index (κ3) is 4.84. The van der Waals surface area contributed by atoms with Crippen LogP contribution in [0, 0.1) is 19.7 Å². The molecule has 1 saturated heterocycles. The third-order valence-electron chi connectivity index (χ3n) is 5.91. The van der Waals surface area contributed by atoms with Crippen molar-refractivity contribution in [2.75, 3.05) is 40.7 Å². The Hall–Kier alpha value is -3.59. The lowest BCUT2D eigenvalue weighted by Gasteiger charge is -2.38. The van der Waals surface area contributed by atoms with E-state index in [1.807, 2.05) is 16.7 Å². The number of para-hydroxylation sites is 1. The van der Waals surface area contributed by atoms with E-state index in [1.54, 1.807) is 49.4 Å². The van der Waals surface area contributed by atoms with E-state index in [0.29, 0.717) is 43.1 Å². The molecule has 0 bridgehead atoms. The minimum atomic E-state index is -3.88. The van der Waals surface area contributed by atoms with E-state index in [9.17, 15) is 22.7 Å². The lowest BCUT2D eigenvalue weighted by atomic mass is 10.1. The number of halogens is 1. The smallest absolute Gasteiger partial charge is 0.337 e. The SMILES string of the molecule is Cc1ccc(S(=O)(=O)Nc2ccc(N3CCN(c4ccccc4F)CC3)c(C(=O)O)c2)c(C)c1. The molecule has 1 fully saturated rings. The van der Waals surface area contributed by atoms with Crippen molar-refractivity contribution < 1.29 is 22.7 Å². The Bertz CT molecular complexity index is 1340. The van der Waals surface area contributed by atoms with Gasteiger partial charge in [-0.3, -0.25) is 4.72 Å². The predicted molar refractivity (Wildman–Crippen MR) is 131 cm³/mol. The molecule has 0 unspecified atom stereocenters. The third-order valence-corrected chi connectivity index (χ3v) is 7.45. The van der Waals surface area contributed by atoms with E-state index in [2.05, 4.69) is 4.72 Å². The van der Waals surface area contributed by atoms with Crippen LogP contribution in [0.25, 0.3) is 0 Å². The normalized spacial score (nSPS) is 14.2. The van der Waals surface area contributed by atoms with Gasteiger partial charge in [-0.15, -0.1) is 0 Å². The molecule has 9 heteroatoms. The van der Waals surface area contributed by atoms with Crippen molar-refractivity contribution in [3.63, 3.8) is 0 Å². The summed E-state index contributed by atoms with van der Waals surface area (Å²) < 4.78 is 42.4. The molecule has 0 aromatic heterocycles. The first-order valence-corrected chi connectivity index (χ1v) is 12.4. The van der Waals surface area contributed by atoms with Gasteiger partial charge in [0.15, 0.2) is 0 Å². The number of benzene rings is 3. The summed E-state index contributed by atoms with van der Waals surface area (Å²) in [5.41, 5.74) is 2.75. The Labute approximate surface area is 198 Å². The Morgan fingerprint density at radius 3 is 2.18 bits per heavy atom. The van der Waals surface area contributed by atoms with Crippen LogP contribution in [0.2, 0.25) is 0 Å². The monoisotopic (exact) mass is 483 g/mol. The maximum atomic E-state index is 14.1. The molecule has 3 aromatic carbocycles. The highest BCUT2D eigenvalue weighted by atomic mass is 32.2. The van der Waals surface area contributed by atoms with E-state index >= 15 is 0 Å². The molecule has 0 aliphatic carbocycles. The quantitative estimate of drug-likeness (QED) is 0.544. The fourth-order valence-corrected chi connectivity index (χ4v) is 5.53. The van der Waals surface area contributed by atoms with Crippen LogP contribution in [0.15, 0.2) is 65.6 Å². The summed E-state index contributed by atoms with van der Waals surface area (Å²) in [6.45, 7) is 5.66. The van der Waals surface area contributed by atoms with Gasteiger partial charge in [0.05, 0.1) is 21.8 Å². The van der Waals surface area contributed by atoms with E-state index in [4.69, 9.17) is 0 Å². The largest absolute Gasteiger partial charge is 0.478 e. The second kappa shape index (κ2) is 9.34. The zero-order valence-corrected chi connectivity index (χ0v) is 19.8. The predicted octanol–water partition coefficient (Wildman–Crippen LogP) is 4.27. The van der Waals surface area contributed by atoms with Crippen LogP contribution in [0.3, 0.4) is 0 Å². The molecule has 178 valence electrons. The summed E-state index contributed by atoms with van der Waals surface area (Å²) in [5, 5.41) is 9.81. The molecule has 0 spiro atoms. The number of hydrogen-bond acceptors (Lipinski definition) is 5. The number of hydrogen-bond donors (Lipinski definition) is 2. The number of sulfonamides is 1. The van der Waals surface area contributed by atoms with E-state index in [-0.39, 0.29) is 22.0 Å². The molecule has 1 aliphatic heterocycles. The molecule has 0 amide bonds. The molecular weight excluding hydrogens is 457 g/mol. The van der Waals surface area contributed by atoms with Gasteiger partial charge in [0.1, 0.15) is 5.82 Å². The molecule has 0 atom stereocenters. The van der Waals surface area contributed by atoms with Crippen molar-refractivity contribution >= 4 is 33.1 Å². The molecule has 0 radical (unpaired) electrons. The number of aromatic carboxylic acids is 1. The first-order valence-electron chi connectivity index (χ1n) is 10.9. The Morgan fingerprint density at radius 2 is 1.56 bits per heavy atom. The molecule has 0 saturated carbocycles. The van der Waals surface area contributed by atoms with Crippen LogP contribution in [-0.2, 0) is 10.0 Å². The van der Waals surface area contributed by atoms with Crippen LogP contribution >= 0.6 is 0 Å². The molecule has 7 nitrogen and oxygen atoms in total. The van der Waals surface area contributed by atoms with Crippen molar-refractivity contribution in [1.82, 2.24) is 0 Å². The topological polar surface area (TPSA) is 90.0 Å². The van der Waals surface area contributed by atoms with Gasteiger partial charge in [0.25, 0.3) is 10.0 Å². The van der Waals surface area contributed by atoms with Crippen LogP contribution in [0.5, 0.6) is 0 Å². The van der Waals surface area contributed by atoms with E-state index < -0.39 is 16.0 Å². The van der Waals surface area contributed by atoms with E-state index in [1.165, 1.54) is 18.2 Å². The van der Waals surface area contributed by atoms with Crippen molar-refractivity contribution in [2.24, 2.45) is 0 Å². The minimum absolute atomic E-state index is 0.000157. The Morgan fingerprint density at radius 1 is 0.912 bits per heavy atom. The maximum absolute atomic E-state index is 14.1. The van der Waals surface area contributed by atoms with Gasteiger partial charge in [0.2, 0.25) is 0 Å². The average molecular weight is 484 g/mol. The zero-order chi connectivity index (χ0) is 24.5.